The Hall–Kier alpha value is -1.10. The van der Waals surface area contributed by atoms with E-state index in [1.54, 1.807) is 0 Å². The summed E-state index contributed by atoms with van der Waals surface area (Å²) in [5.41, 5.74) is 5.18. The molecule has 0 spiro atoms. The third kappa shape index (κ3) is 1.70. The smallest absolute Gasteiger partial charge is 0.312 e. The molecule has 1 aromatic rings. The molecule has 0 aliphatic rings. The van der Waals surface area contributed by atoms with Crippen LogP contribution >= 0.6 is 0 Å². The van der Waals surface area contributed by atoms with Crippen molar-refractivity contribution in [2.45, 2.75) is 13.5 Å². The second-order valence-electron chi connectivity index (χ2n) is 1.81. The number of aromatic nitrogens is 2. The van der Waals surface area contributed by atoms with Gasteiger partial charge in [-0.25, -0.2) is 0 Å². The van der Waals surface area contributed by atoms with E-state index in [2.05, 4.69) is 15.5 Å². The van der Waals surface area contributed by atoms with Gasteiger partial charge in [-0.1, -0.05) is 12.0 Å². The molecule has 0 bridgehead atoms. The van der Waals surface area contributed by atoms with Crippen LogP contribution in [0.25, 0.3) is 0 Å². The van der Waals surface area contributed by atoms with Crippen LogP contribution < -0.4 is 11.1 Å². The van der Waals surface area contributed by atoms with Crippen molar-refractivity contribution >= 4 is 6.01 Å². The zero-order chi connectivity index (χ0) is 7.40. The van der Waals surface area contributed by atoms with Crippen LogP contribution in [0.2, 0.25) is 0 Å². The Labute approximate surface area is 58.6 Å². The number of hydrogen-bond acceptors (Lipinski definition) is 5. The van der Waals surface area contributed by atoms with E-state index in [9.17, 15) is 0 Å². The standard InChI is InChI=1S/C5H10N4O/c1-2-7-3-4-8-9-5(6)10-4/h7H,2-3H2,1H3,(H2,6,9). The molecule has 0 aliphatic carbocycles. The van der Waals surface area contributed by atoms with E-state index >= 15 is 0 Å². The maximum absolute atomic E-state index is 5.18. The fourth-order valence-corrected chi connectivity index (χ4v) is 0.570. The Bertz CT molecular complexity index is 197. The third-order valence-corrected chi connectivity index (χ3v) is 1.01. The van der Waals surface area contributed by atoms with Gasteiger partial charge in [0, 0.05) is 0 Å². The summed E-state index contributed by atoms with van der Waals surface area (Å²) in [5.74, 6) is 0.527. The van der Waals surface area contributed by atoms with Crippen molar-refractivity contribution < 1.29 is 4.42 Å². The van der Waals surface area contributed by atoms with Gasteiger partial charge in [-0.05, 0) is 6.54 Å². The first-order valence-corrected chi connectivity index (χ1v) is 3.11. The van der Waals surface area contributed by atoms with Crippen molar-refractivity contribution in [3.63, 3.8) is 0 Å². The largest absolute Gasteiger partial charge is 0.407 e. The van der Waals surface area contributed by atoms with Crippen LogP contribution in [0.1, 0.15) is 12.8 Å². The zero-order valence-electron chi connectivity index (χ0n) is 5.79. The van der Waals surface area contributed by atoms with E-state index in [0.29, 0.717) is 12.4 Å². The molecule has 0 aromatic carbocycles. The Morgan fingerprint density at radius 2 is 2.40 bits per heavy atom. The highest BCUT2D eigenvalue weighted by atomic mass is 16.4. The molecule has 0 aliphatic heterocycles. The Morgan fingerprint density at radius 1 is 1.60 bits per heavy atom. The number of hydrogen-bond donors (Lipinski definition) is 2. The molecule has 5 nitrogen and oxygen atoms in total. The number of nitrogens with zero attached hydrogens (tertiary/aromatic N) is 2. The molecule has 5 heteroatoms. The van der Waals surface area contributed by atoms with Crippen molar-refractivity contribution in [1.29, 1.82) is 0 Å². The van der Waals surface area contributed by atoms with Gasteiger partial charge in [-0.2, -0.15) is 0 Å². The lowest BCUT2D eigenvalue weighted by Gasteiger charge is -1.92. The lowest BCUT2D eigenvalue weighted by Crippen LogP contribution is -2.11. The van der Waals surface area contributed by atoms with Crippen LogP contribution in [0.5, 0.6) is 0 Å². The fraction of sp³-hybridized carbons (Fsp3) is 0.600. The van der Waals surface area contributed by atoms with Gasteiger partial charge in [0.2, 0.25) is 5.89 Å². The van der Waals surface area contributed by atoms with Gasteiger partial charge < -0.3 is 15.5 Å². The summed E-state index contributed by atoms with van der Waals surface area (Å²) in [6, 6.07) is 0.118. The maximum atomic E-state index is 5.18. The molecule has 3 N–H and O–H groups in total. The second kappa shape index (κ2) is 3.17. The number of nitrogen functional groups attached to an aromatic ring is 1. The lowest BCUT2D eigenvalue weighted by atomic mass is 10.6. The third-order valence-electron chi connectivity index (χ3n) is 1.01. The average molecular weight is 142 g/mol. The zero-order valence-corrected chi connectivity index (χ0v) is 5.79. The van der Waals surface area contributed by atoms with Crippen molar-refractivity contribution in [3.8, 4) is 0 Å². The quantitative estimate of drug-likeness (QED) is 0.609. The average Bonchev–Trinajstić information content (AvgIpc) is 2.31. The summed E-state index contributed by atoms with van der Waals surface area (Å²) in [6.07, 6.45) is 0. The molecule has 1 heterocycles. The van der Waals surface area contributed by atoms with Crippen LogP contribution in [0, 0.1) is 0 Å². The molecule has 0 saturated carbocycles. The van der Waals surface area contributed by atoms with E-state index in [1.165, 1.54) is 0 Å². The van der Waals surface area contributed by atoms with E-state index < -0.39 is 0 Å². The summed E-state index contributed by atoms with van der Waals surface area (Å²) in [4.78, 5) is 0. The van der Waals surface area contributed by atoms with E-state index in [-0.39, 0.29) is 6.01 Å². The lowest BCUT2D eigenvalue weighted by molar-refractivity contribution is 0.485. The second-order valence-corrected chi connectivity index (χ2v) is 1.81. The van der Waals surface area contributed by atoms with Crippen molar-refractivity contribution in [2.75, 3.05) is 12.3 Å². The monoisotopic (exact) mass is 142 g/mol. The predicted molar refractivity (Wildman–Crippen MR) is 36.1 cm³/mol. The van der Waals surface area contributed by atoms with E-state index in [0.717, 1.165) is 6.54 Å². The van der Waals surface area contributed by atoms with Gasteiger partial charge in [0.15, 0.2) is 0 Å². The SMILES string of the molecule is CCNCc1nnc(N)o1. The van der Waals surface area contributed by atoms with Crippen molar-refractivity contribution in [1.82, 2.24) is 15.5 Å². The Kier molecular flexibility index (Phi) is 2.22. The van der Waals surface area contributed by atoms with Gasteiger partial charge in [-0.3, -0.25) is 0 Å². The minimum atomic E-state index is 0.118. The minimum Gasteiger partial charge on any atom is -0.407 e. The highest BCUT2D eigenvalue weighted by Crippen LogP contribution is 1.98. The molecule has 1 aromatic heterocycles. The number of nitrogens with one attached hydrogen (secondary N) is 1. The molecule has 0 amide bonds. The van der Waals surface area contributed by atoms with Gasteiger partial charge in [0.05, 0.1) is 6.54 Å². The van der Waals surface area contributed by atoms with Gasteiger partial charge in [0.25, 0.3) is 0 Å². The molecular weight excluding hydrogens is 132 g/mol. The highest BCUT2D eigenvalue weighted by Gasteiger charge is 1.99. The molecule has 1 rings (SSSR count). The van der Waals surface area contributed by atoms with Crippen molar-refractivity contribution in [2.24, 2.45) is 0 Å². The minimum absolute atomic E-state index is 0.118. The highest BCUT2D eigenvalue weighted by molar-refractivity contribution is 5.04. The van der Waals surface area contributed by atoms with Crippen molar-refractivity contribution in [3.05, 3.63) is 5.89 Å². The number of rotatable bonds is 3. The summed E-state index contributed by atoms with van der Waals surface area (Å²) < 4.78 is 4.88. The van der Waals surface area contributed by atoms with Crippen LogP contribution in [0.15, 0.2) is 4.42 Å². The number of nitrogens with two attached hydrogens (primary N) is 1. The molecule has 0 fully saturated rings. The topological polar surface area (TPSA) is 77.0 Å². The summed E-state index contributed by atoms with van der Waals surface area (Å²) in [6.45, 7) is 3.46. The fourth-order valence-electron chi connectivity index (χ4n) is 0.570. The van der Waals surface area contributed by atoms with Gasteiger partial charge in [-0.15, -0.1) is 5.10 Å². The summed E-state index contributed by atoms with van der Waals surface area (Å²) >= 11 is 0. The molecule has 0 atom stereocenters. The number of anilines is 1. The summed E-state index contributed by atoms with van der Waals surface area (Å²) in [7, 11) is 0. The Balaban J connectivity index is 2.42. The van der Waals surface area contributed by atoms with Crippen LogP contribution in [-0.4, -0.2) is 16.7 Å². The molecular formula is C5H10N4O. The first kappa shape index (κ1) is 7.01. The van der Waals surface area contributed by atoms with Gasteiger partial charge >= 0.3 is 6.01 Å². The first-order chi connectivity index (χ1) is 4.83. The summed E-state index contributed by atoms with van der Waals surface area (Å²) in [5, 5.41) is 10.2. The first-order valence-electron chi connectivity index (χ1n) is 3.11. The molecule has 0 unspecified atom stereocenters. The normalized spacial score (nSPS) is 10.1. The van der Waals surface area contributed by atoms with Gasteiger partial charge in [0.1, 0.15) is 0 Å². The Morgan fingerprint density at radius 3 is 2.90 bits per heavy atom. The maximum Gasteiger partial charge on any atom is 0.312 e. The van der Waals surface area contributed by atoms with Crippen LogP contribution in [0.4, 0.5) is 6.01 Å². The van der Waals surface area contributed by atoms with E-state index in [1.807, 2.05) is 6.92 Å². The molecule has 0 radical (unpaired) electrons. The molecule has 10 heavy (non-hydrogen) atoms. The molecule has 56 valence electrons. The van der Waals surface area contributed by atoms with Crippen LogP contribution in [0.3, 0.4) is 0 Å². The molecule has 0 saturated heterocycles. The van der Waals surface area contributed by atoms with Crippen LogP contribution in [-0.2, 0) is 6.54 Å². The predicted octanol–water partition coefficient (Wildman–Crippen LogP) is -0.239. The van der Waals surface area contributed by atoms with E-state index in [4.69, 9.17) is 10.2 Å².